The summed E-state index contributed by atoms with van der Waals surface area (Å²) in [6.45, 7) is 3.18. The minimum Gasteiger partial charge on any atom is -0.467 e. The van der Waals surface area contributed by atoms with E-state index in [0.717, 1.165) is 19.3 Å². The molecule has 9 heteroatoms. The van der Waals surface area contributed by atoms with Crippen LogP contribution in [-0.4, -0.2) is 48.3 Å². The van der Waals surface area contributed by atoms with Crippen LogP contribution in [0.15, 0.2) is 41.3 Å². The summed E-state index contributed by atoms with van der Waals surface area (Å²) in [5, 5.41) is 2.01. The number of hydrogen-bond donors (Lipinski definition) is 1. The predicted molar refractivity (Wildman–Crippen MR) is 85.3 cm³/mol. The Labute approximate surface area is 147 Å². The van der Waals surface area contributed by atoms with E-state index in [0.29, 0.717) is 25.5 Å². The first-order valence-corrected chi connectivity index (χ1v) is 8.08. The van der Waals surface area contributed by atoms with E-state index < -0.39 is 18.1 Å². The van der Waals surface area contributed by atoms with Crippen LogP contribution in [0.4, 0.5) is 13.2 Å². The van der Waals surface area contributed by atoms with Gasteiger partial charge in [0, 0.05) is 31.0 Å². The van der Waals surface area contributed by atoms with E-state index >= 15 is 0 Å². The summed E-state index contributed by atoms with van der Waals surface area (Å²) in [4.78, 5) is 18.0. The van der Waals surface area contributed by atoms with Gasteiger partial charge in [-0.1, -0.05) is 6.07 Å². The Bertz CT molecular complexity index is 728. The van der Waals surface area contributed by atoms with Gasteiger partial charge in [-0.3, -0.25) is 14.7 Å². The number of nitrogens with one attached hydrogen (secondary N) is 1. The van der Waals surface area contributed by atoms with Crippen molar-refractivity contribution < 1.29 is 27.1 Å². The molecule has 1 fully saturated rings. The molecule has 0 spiro atoms. The molecule has 26 heavy (non-hydrogen) atoms. The van der Waals surface area contributed by atoms with Crippen LogP contribution in [0.2, 0.25) is 0 Å². The van der Waals surface area contributed by atoms with Gasteiger partial charge in [0.05, 0.1) is 25.3 Å². The first kappa shape index (κ1) is 18.4. The highest BCUT2D eigenvalue weighted by Gasteiger charge is 2.42. The van der Waals surface area contributed by atoms with Crippen molar-refractivity contribution >= 4 is 5.91 Å². The number of morpholine rings is 1. The van der Waals surface area contributed by atoms with Crippen molar-refractivity contribution in [1.29, 1.82) is 0 Å². The van der Waals surface area contributed by atoms with Gasteiger partial charge >= 0.3 is 6.18 Å². The van der Waals surface area contributed by atoms with E-state index in [9.17, 15) is 18.0 Å². The van der Waals surface area contributed by atoms with Gasteiger partial charge in [-0.05, 0) is 12.1 Å². The summed E-state index contributed by atoms with van der Waals surface area (Å²) in [5.74, 6) is -0.338. The van der Waals surface area contributed by atoms with Crippen molar-refractivity contribution in [2.75, 3.05) is 26.3 Å². The van der Waals surface area contributed by atoms with Crippen LogP contribution in [0, 0.1) is 0 Å². The zero-order chi connectivity index (χ0) is 18.6. The van der Waals surface area contributed by atoms with Gasteiger partial charge in [-0.2, -0.15) is 13.2 Å². The lowest BCUT2D eigenvalue weighted by molar-refractivity contribution is -0.155. The molecule has 0 aromatic carbocycles. The molecule has 1 aliphatic rings. The Morgan fingerprint density at radius 1 is 1.35 bits per heavy atom. The second-order valence-corrected chi connectivity index (χ2v) is 5.92. The summed E-state index contributed by atoms with van der Waals surface area (Å²) in [6, 6.07) is 1.98. The summed E-state index contributed by atoms with van der Waals surface area (Å²) >= 11 is 0. The molecule has 3 rings (SSSR count). The SMILES string of the molecule is O=C(N[C@H](c1cccnc1)C(F)(F)F)c1coc(CN2CCOCC2)c1. The molecule has 0 bridgehead atoms. The molecule has 1 N–H and O–H groups in total. The molecule has 1 atom stereocenters. The van der Waals surface area contributed by atoms with E-state index in [1.54, 1.807) is 0 Å². The first-order valence-electron chi connectivity index (χ1n) is 8.08. The minimum atomic E-state index is -4.64. The Hall–Kier alpha value is -2.39. The van der Waals surface area contributed by atoms with Crippen molar-refractivity contribution in [2.24, 2.45) is 0 Å². The average molecular weight is 369 g/mol. The minimum absolute atomic E-state index is 0.0476. The first-order chi connectivity index (χ1) is 12.4. The maximum absolute atomic E-state index is 13.3. The molecule has 1 aliphatic heterocycles. The van der Waals surface area contributed by atoms with Gasteiger partial charge in [0.25, 0.3) is 5.91 Å². The van der Waals surface area contributed by atoms with Crippen LogP contribution >= 0.6 is 0 Å². The van der Waals surface area contributed by atoms with E-state index in [2.05, 4.69) is 9.88 Å². The van der Waals surface area contributed by atoms with Gasteiger partial charge < -0.3 is 14.5 Å². The molecule has 1 saturated heterocycles. The Kier molecular flexibility index (Phi) is 5.58. The number of carbonyl (C=O) groups excluding carboxylic acids is 1. The fourth-order valence-corrected chi connectivity index (χ4v) is 2.68. The topological polar surface area (TPSA) is 67.6 Å². The van der Waals surface area contributed by atoms with Crippen molar-refractivity contribution in [3.8, 4) is 0 Å². The second-order valence-electron chi connectivity index (χ2n) is 5.92. The van der Waals surface area contributed by atoms with Crippen LogP contribution in [0.5, 0.6) is 0 Å². The third-order valence-electron chi connectivity index (χ3n) is 4.02. The number of aromatic nitrogens is 1. The molecule has 0 radical (unpaired) electrons. The maximum Gasteiger partial charge on any atom is 0.412 e. The summed E-state index contributed by atoms with van der Waals surface area (Å²) in [5.41, 5.74) is -0.0863. The number of furan rings is 1. The van der Waals surface area contributed by atoms with E-state index in [-0.39, 0.29) is 11.1 Å². The standard InChI is InChI=1S/C17H18F3N3O3/c18-17(19,20)15(12-2-1-3-21-9-12)22-16(24)13-8-14(26-11-13)10-23-4-6-25-7-5-23/h1-3,8-9,11,15H,4-7,10H2,(H,22,24)/t15-/m1/s1. The highest BCUT2D eigenvalue weighted by atomic mass is 19.4. The molecule has 0 unspecified atom stereocenters. The number of hydrogen-bond acceptors (Lipinski definition) is 5. The monoisotopic (exact) mass is 369 g/mol. The number of carbonyl (C=O) groups is 1. The predicted octanol–water partition coefficient (Wildman–Crippen LogP) is 2.54. The normalized spacial score (nSPS) is 17.0. The number of halogens is 3. The highest BCUT2D eigenvalue weighted by molar-refractivity contribution is 5.94. The number of rotatable bonds is 5. The van der Waals surface area contributed by atoms with Crippen LogP contribution in [-0.2, 0) is 11.3 Å². The number of alkyl halides is 3. The largest absolute Gasteiger partial charge is 0.467 e. The quantitative estimate of drug-likeness (QED) is 0.877. The van der Waals surface area contributed by atoms with Crippen LogP contribution in [0.3, 0.4) is 0 Å². The van der Waals surface area contributed by atoms with Gasteiger partial charge in [0.2, 0.25) is 0 Å². The summed E-state index contributed by atoms with van der Waals surface area (Å²) in [7, 11) is 0. The summed E-state index contributed by atoms with van der Waals surface area (Å²) < 4.78 is 50.5. The molecule has 3 heterocycles. The molecular weight excluding hydrogens is 351 g/mol. The van der Waals surface area contributed by atoms with Crippen molar-refractivity contribution in [3.05, 3.63) is 53.7 Å². The third-order valence-corrected chi connectivity index (χ3v) is 4.02. The summed E-state index contributed by atoms with van der Waals surface area (Å²) in [6.07, 6.45) is -1.02. The lowest BCUT2D eigenvalue weighted by atomic mass is 10.1. The smallest absolute Gasteiger partial charge is 0.412 e. The Morgan fingerprint density at radius 2 is 2.12 bits per heavy atom. The van der Waals surface area contributed by atoms with Gasteiger partial charge in [0.1, 0.15) is 12.0 Å². The number of nitrogens with zero attached hydrogens (tertiary/aromatic N) is 2. The Morgan fingerprint density at radius 3 is 2.77 bits per heavy atom. The fourth-order valence-electron chi connectivity index (χ4n) is 2.68. The lowest BCUT2D eigenvalue weighted by Crippen LogP contribution is -2.38. The van der Waals surface area contributed by atoms with Gasteiger partial charge in [0.15, 0.2) is 6.04 Å². The molecule has 1 amide bonds. The van der Waals surface area contributed by atoms with Crippen LogP contribution in [0.25, 0.3) is 0 Å². The van der Waals surface area contributed by atoms with Crippen molar-refractivity contribution in [2.45, 2.75) is 18.8 Å². The van der Waals surface area contributed by atoms with E-state index in [1.807, 2.05) is 5.32 Å². The molecule has 0 saturated carbocycles. The number of amides is 1. The molecular formula is C17H18F3N3O3. The van der Waals surface area contributed by atoms with E-state index in [1.165, 1.54) is 30.7 Å². The highest BCUT2D eigenvalue weighted by Crippen LogP contribution is 2.32. The Balaban J connectivity index is 1.68. The third kappa shape index (κ3) is 4.61. The molecule has 140 valence electrons. The van der Waals surface area contributed by atoms with Gasteiger partial charge in [-0.15, -0.1) is 0 Å². The number of ether oxygens (including phenoxy) is 1. The fraction of sp³-hybridized carbons (Fsp3) is 0.412. The van der Waals surface area contributed by atoms with E-state index in [4.69, 9.17) is 9.15 Å². The number of pyridine rings is 1. The maximum atomic E-state index is 13.3. The lowest BCUT2D eigenvalue weighted by Gasteiger charge is -2.25. The molecule has 2 aromatic rings. The molecule has 2 aromatic heterocycles. The second kappa shape index (κ2) is 7.88. The molecule has 6 nitrogen and oxygen atoms in total. The van der Waals surface area contributed by atoms with Crippen LogP contribution in [0.1, 0.15) is 27.7 Å². The zero-order valence-corrected chi connectivity index (χ0v) is 13.8. The van der Waals surface area contributed by atoms with Crippen LogP contribution < -0.4 is 5.32 Å². The van der Waals surface area contributed by atoms with Crippen molar-refractivity contribution in [1.82, 2.24) is 15.2 Å². The average Bonchev–Trinajstić information content (AvgIpc) is 3.09. The van der Waals surface area contributed by atoms with Crippen molar-refractivity contribution in [3.63, 3.8) is 0 Å². The molecule has 0 aliphatic carbocycles. The van der Waals surface area contributed by atoms with Gasteiger partial charge in [-0.25, -0.2) is 0 Å². The zero-order valence-electron chi connectivity index (χ0n) is 13.8.